The molecule has 0 N–H and O–H groups in total. The summed E-state index contributed by atoms with van der Waals surface area (Å²) >= 11 is 11.6. The van der Waals surface area contributed by atoms with E-state index >= 15 is 0 Å². The number of aromatic nitrogens is 6. The summed E-state index contributed by atoms with van der Waals surface area (Å²) in [6, 6.07) is 7.45. The van der Waals surface area contributed by atoms with Crippen LogP contribution in [0.15, 0.2) is 48.8 Å². The molecule has 20 heteroatoms. The summed E-state index contributed by atoms with van der Waals surface area (Å²) in [5.41, 5.74) is -0.743. The topological polar surface area (TPSA) is 138 Å². The van der Waals surface area contributed by atoms with Crippen LogP contribution in [-0.2, 0) is 61.6 Å². The van der Waals surface area contributed by atoms with Gasteiger partial charge in [-0.1, -0.05) is 33.6 Å². The standard InChI is InChI=1S/C24H17Cl2F4N8O5P/c25-13-1-3-19-17(5-13)23(27,28)21(39)37(19)9-15-7-35(33-31-15)11-42-44(41)43-12-36-8-16(32-34-36)10-38-20-4-2-14(26)6-18(20)24(29,30)22(38)40/h1-8,44H,9-12H2. The van der Waals surface area contributed by atoms with Crippen molar-refractivity contribution in [3.63, 3.8) is 0 Å². The van der Waals surface area contributed by atoms with Crippen molar-refractivity contribution < 1.29 is 40.8 Å². The molecular weight excluding hydrogens is 658 g/mol. The Morgan fingerprint density at radius 3 is 1.55 bits per heavy atom. The van der Waals surface area contributed by atoms with Gasteiger partial charge >= 0.3 is 31.9 Å². The van der Waals surface area contributed by atoms with Crippen molar-refractivity contribution in [1.29, 1.82) is 0 Å². The van der Waals surface area contributed by atoms with Crippen LogP contribution in [0.3, 0.4) is 0 Å². The van der Waals surface area contributed by atoms with Gasteiger partial charge in [-0.25, -0.2) is 9.36 Å². The van der Waals surface area contributed by atoms with Crippen LogP contribution in [0.2, 0.25) is 10.0 Å². The number of benzene rings is 2. The van der Waals surface area contributed by atoms with E-state index in [1.54, 1.807) is 0 Å². The summed E-state index contributed by atoms with van der Waals surface area (Å²) in [5.74, 6) is -10.4. The van der Waals surface area contributed by atoms with Crippen LogP contribution >= 0.6 is 31.5 Å². The van der Waals surface area contributed by atoms with Crippen LogP contribution in [0.25, 0.3) is 0 Å². The third kappa shape index (κ3) is 5.45. The van der Waals surface area contributed by atoms with Crippen LogP contribution in [0.4, 0.5) is 28.9 Å². The minimum absolute atomic E-state index is 0.00961. The van der Waals surface area contributed by atoms with Crippen molar-refractivity contribution in [1.82, 2.24) is 30.0 Å². The van der Waals surface area contributed by atoms with Crippen molar-refractivity contribution in [3.05, 3.63) is 81.4 Å². The zero-order valence-electron chi connectivity index (χ0n) is 21.8. The Hall–Kier alpha value is -3.89. The molecule has 0 atom stereocenters. The van der Waals surface area contributed by atoms with Crippen LogP contribution in [-0.4, -0.2) is 41.8 Å². The molecule has 13 nitrogen and oxygen atoms in total. The minimum atomic E-state index is -3.75. The number of carbonyl (C=O) groups is 2. The molecule has 0 aliphatic carbocycles. The highest BCUT2D eigenvalue weighted by Gasteiger charge is 2.54. The van der Waals surface area contributed by atoms with Gasteiger partial charge in [0.1, 0.15) is 24.8 Å². The molecule has 0 unspecified atom stereocenters. The fourth-order valence-electron chi connectivity index (χ4n) is 4.64. The first-order valence-corrected chi connectivity index (χ1v) is 14.4. The van der Waals surface area contributed by atoms with Gasteiger partial charge in [0.25, 0.3) is 0 Å². The Morgan fingerprint density at radius 2 is 1.14 bits per heavy atom. The summed E-state index contributed by atoms with van der Waals surface area (Å²) < 4.78 is 82.6. The number of fused-ring (bicyclic) bond motifs is 2. The Labute approximate surface area is 254 Å². The molecule has 2 aliphatic heterocycles. The quantitative estimate of drug-likeness (QED) is 0.176. The maximum absolute atomic E-state index is 14.5. The molecule has 0 saturated heterocycles. The largest absolute Gasteiger partial charge is 0.352 e. The van der Waals surface area contributed by atoms with Crippen LogP contribution in [0.1, 0.15) is 22.5 Å². The summed E-state index contributed by atoms with van der Waals surface area (Å²) in [6.07, 6.45) is 2.63. The Morgan fingerprint density at radius 1 is 0.727 bits per heavy atom. The smallest absolute Gasteiger partial charge is 0.300 e. The number of hydrogen-bond acceptors (Lipinski definition) is 9. The van der Waals surface area contributed by atoms with Crippen molar-refractivity contribution >= 4 is 54.6 Å². The number of amides is 2. The summed E-state index contributed by atoms with van der Waals surface area (Å²) in [5, 5.41) is 15.3. The van der Waals surface area contributed by atoms with Crippen molar-refractivity contribution in [2.24, 2.45) is 0 Å². The zero-order chi connectivity index (χ0) is 31.4. The Bertz CT molecular complexity index is 1690. The maximum Gasteiger partial charge on any atom is 0.352 e. The van der Waals surface area contributed by atoms with Crippen molar-refractivity contribution in [2.75, 3.05) is 9.80 Å². The average molecular weight is 675 g/mol. The van der Waals surface area contributed by atoms with Gasteiger partial charge in [-0.3, -0.25) is 23.2 Å². The molecular formula is C24H17Cl2F4N8O5P. The van der Waals surface area contributed by atoms with E-state index in [9.17, 15) is 31.7 Å². The van der Waals surface area contributed by atoms with Gasteiger partial charge in [0, 0.05) is 10.0 Å². The molecule has 2 amide bonds. The number of halogens is 6. The number of hydrogen-bond donors (Lipinski definition) is 0. The van der Waals surface area contributed by atoms with Gasteiger partial charge in [-0.2, -0.15) is 17.6 Å². The molecule has 4 heterocycles. The fraction of sp³-hybridized carbons (Fsp3) is 0.250. The Kier molecular flexibility index (Phi) is 7.70. The molecule has 2 aromatic carbocycles. The molecule has 44 heavy (non-hydrogen) atoms. The van der Waals surface area contributed by atoms with Gasteiger partial charge in [-0.05, 0) is 36.4 Å². The normalized spacial score (nSPS) is 16.7. The van der Waals surface area contributed by atoms with E-state index in [2.05, 4.69) is 20.6 Å². The third-order valence-electron chi connectivity index (χ3n) is 6.64. The molecule has 2 aliphatic rings. The lowest BCUT2D eigenvalue weighted by molar-refractivity contribution is -0.142. The van der Waals surface area contributed by atoms with E-state index in [1.165, 1.54) is 36.7 Å². The summed E-state index contributed by atoms with van der Waals surface area (Å²) in [6.45, 7) is -1.41. The second kappa shape index (κ2) is 11.2. The summed E-state index contributed by atoms with van der Waals surface area (Å²) in [4.78, 5) is 26.4. The number of anilines is 2. The first kappa shape index (κ1) is 30.1. The monoisotopic (exact) mass is 674 g/mol. The lowest BCUT2D eigenvalue weighted by Gasteiger charge is -2.15. The SMILES string of the molecule is O=C1N(Cc2cn(CO[PH](=O)OCn3cc(CN4C(=O)C(F)(F)c5cc(Cl)ccc54)nn3)nn2)c2ccc(Cl)cc2C1(F)F. The molecule has 2 aromatic heterocycles. The molecule has 4 aromatic rings. The maximum atomic E-state index is 14.5. The molecule has 0 bridgehead atoms. The highest BCUT2D eigenvalue weighted by Crippen LogP contribution is 2.47. The van der Waals surface area contributed by atoms with Gasteiger partial charge < -0.3 is 9.80 Å². The molecule has 0 spiro atoms. The number of rotatable bonds is 10. The van der Waals surface area contributed by atoms with Crippen LogP contribution in [0.5, 0.6) is 0 Å². The second-order valence-corrected chi connectivity index (χ2v) is 11.5. The van der Waals surface area contributed by atoms with Gasteiger partial charge in [-0.15, -0.1) is 10.2 Å². The average Bonchev–Trinajstić information content (AvgIpc) is 3.71. The number of carbonyl (C=O) groups excluding carboxylic acids is 2. The first-order chi connectivity index (χ1) is 20.8. The first-order valence-electron chi connectivity index (χ1n) is 12.4. The molecule has 0 fully saturated rings. The summed E-state index contributed by atoms with van der Waals surface area (Å²) in [7, 11) is -3.12. The minimum Gasteiger partial charge on any atom is -0.300 e. The van der Waals surface area contributed by atoms with Crippen molar-refractivity contribution in [3.8, 4) is 0 Å². The van der Waals surface area contributed by atoms with Crippen LogP contribution in [0, 0.1) is 0 Å². The lowest BCUT2D eigenvalue weighted by atomic mass is 10.1. The van der Waals surface area contributed by atoms with Gasteiger partial charge in [0.2, 0.25) is 0 Å². The van der Waals surface area contributed by atoms with E-state index < -0.39 is 56.5 Å². The van der Waals surface area contributed by atoms with E-state index in [4.69, 9.17) is 32.2 Å². The molecule has 6 rings (SSSR count). The predicted molar refractivity (Wildman–Crippen MR) is 144 cm³/mol. The fourth-order valence-corrected chi connectivity index (χ4v) is 5.55. The van der Waals surface area contributed by atoms with E-state index in [-0.39, 0.29) is 45.9 Å². The molecule has 0 radical (unpaired) electrons. The molecule has 230 valence electrons. The lowest BCUT2D eigenvalue weighted by Crippen LogP contribution is -2.34. The number of alkyl halides is 4. The Balaban J connectivity index is 1.01. The van der Waals surface area contributed by atoms with E-state index in [0.29, 0.717) is 0 Å². The van der Waals surface area contributed by atoms with E-state index in [0.717, 1.165) is 31.3 Å². The van der Waals surface area contributed by atoms with Gasteiger partial charge in [0.15, 0.2) is 0 Å². The number of nitrogens with zero attached hydrogens (tertiary/aromatic N) is 8. The highest BCUT2D eigenvalue weighted by atomic mass is 35.5. The zero-order valence-corrected chi connectivity index (χ0v) is 24.3. The predicted octanol–water partition coefficient (Wildman–Crippen LogP) is 4.49. The van der Waals surface area contributed by atoms with Gasteiger partial charge in [0.05, 0.1) is 48.0 Å². The van der Waals surface area contributed by atoms with E-state index in [1.807, 2.05) is 0 Å². The second-order valence-electron chi connectivity index (χ2n) is 9.55. The highest BCUT2D eigenvalue weighted by molar-refractivity contribution is 7.33. The van der Waals surface area contributed by atoms with Crippen molar-refractivity contribution in [2.45, 2.75) is 38.4 Å². The van der Waals surface area contributed by atoms with Crippen LogP contribution < -0.4 is 9.80 Å². The molecule has 0 saturated carbocycles. The third-order valence-corrected chi connectivity index (χ3v) is 7.84.